The van der Waals surface area contributed by atoms with Crippen molar-refractivity contribution in [2.24, 2.45) is 0 Å². The number of phenolic OH excluding ortho intramolecular Hbond substituents is 1. The van der Waals surface area contributed by atoms with E-state index in [4.69, 9.17) is 0 Å². The minimum atomic E-state index is 0. The normalized spacial score (nSPS) is 24.6. The number of hydrogen-bond donors (Lipinski definition) is 1. The number of halogens is 1. The van der Waals surface area contributed by atoms with Gasteiger partial charge in [0, 0.05) is 12.0 Å². The summed E-state index contributed by atoms with van der Waals surface area (Å²) in [7, 11) is 2.20. The second-order valence-electron chi connectivity index (χ2n) is 5.42. The number of likely N-dealkylation sites (N-methyl/N-ethyl adjacent to an activating group) is 1. The summed E-state index contributed by atoms with van der Waals surface area (Å²) in [6, 6.07) is 7.86. The summed E-state index contributed by atoms with van der Waals surface area (Å²) in [6.45, 7) is 4.56. The van der Waals surface area contributed by atoms with Crippen LogP contribution in [0.4, 0.5) is 0 Å². The Bertz CT molecular complexity index is 379. The smallest absolute Gasteiger partial charge is 0.115 e. The average molecular weight is 270 g/mol. The third-order valence-corrected chi connectivity index (χ3v) is 3.95. The van der Waals surface area contributed by atoms with Crippen molar-refractivity contribution < 1.29 is 5.11 Å². The second kappa shape index (κ2) is 6.44. The molecule has 0 bridgehead atoms. The van der Waals surface area contributed by atoms with E-state index in [1.807, 2.05) is 12.1 Å². The van der Waals surface area contributed by atoms with Crippen LogP contribution in [0.25, 0.3) is 0 Å². The van der Waals surface area contributed by atoms with Gasteiger partial charge in [-0.15, -0.1) is 12.4 Å². The van der Waals surface area contributed by atoms with Gasteiger partial charge in [-0.2, -0.15) is 0 Å². The van der Waals surface area contributed by atoms with Crippen LogP contribution in [-0.2, 0) is 5.41 Å². The van der Waals surface area contributed by atoms with Gasteiger partial charge >= 0.3 is 0 Å². The Kier molecular flexibility index (Phi) is 5.48. The van der Waals surface area contributed by atoms with E-state index in [2.05, 4.69) is 24.9 Å². The summed E-state index contributed by atoms with van der Waals surface area (Å²) >= 11 is 0. The summed E-state index contributed by atoms with van der Waals surface area (Å²) < 4.78 is 0. The number of likely N-dealkylation sites (tertiary alicyclic amines) is 1. The van der Waals surface area contributed by atoms with Crippen LogP contribution < -0.4 is 0 Å². The minimum absolute atomic E-state index is 0. The van der Waals surface area contributed by atoms with Gasteiger partial charge in [-0.3, -0.25) is 0 Å². The van der Waals surface area contributed by atoms with Crippen molar-refractivity contribution in [1.82, 2.24) is 4.90 Å². The molecule has 1 N–H and O–H groups in total. The topological polar surface area (TPSA) is 23.5 Å². The van der Waals surface area contributed by atoms with E-state index in [0.29, 0.717) is 5.75 Å². The van der Waals surface area contributed by atoms with Crippen LogP contribution in [0.1, 0.15) is 38.2 Å². The third kappa shape index (κ3) is 3.18. The SMILES string of the molecule is CCCC1(c2cccc(O)c2)CCCN(C)C1.Cl. The molecule has 2 rings (SSSR count). The van der Waals surface area contributed by atoms with Gasteiger partial charge in [-0.05, 0) is 50.6 Å². The molecule has 0 aliphatic carbocycles. The molecule has 1 atom stereocenters. The Labute approximate surface area is 116 Å². The number of nitrogens with zero attached hydrogens (tertiary/aromatic N) is 1. The van der Waals surface area contributed by atoms with Gasteiger partial charge in [-0.1, -0.05) is 25.5 Å². The number of phenols is 1. The number of aromatic hydroxyl groups is 1. The Hall–Kier alpha value is -0.730. The first kappa shape index (κ1) is 15.3. The molecule has 1 aliphatic heterocycles. The van der Waals surface area contributed by atoms with Crippen LogP contribution >= 0.6 is 12.4 Å². The van der Waals surface area contributed by atoms with Crippen LogP contribution in [-0.4, -0.2) is 30.1 Å². The van der Waals surface area contributed by atoms with E-state index in [1.165, 1.54) is 37.8 Å². The van der Waals surface area contributed by atoms with E-state index < -0.39 is 0 Å². The maximum atomic E-state index is 9.68. The molecule has 3 heteroatoms. The van der Waals surface area contributed by atoms with Gasteiger partial charge in [0.2, 0.25) is 0 Å². The zero-order valence-electron chi connectivity index (χ0n) is 11.4. The Morgan fingerprint density at radius 1 is 1.39 bits per heavy atom. The van der Waals surface area contributed by atoms with Gasteiger partial charge in [0.25, 0.3) is 0 Å². The first-order valence-electron chi connectivity index (χ1n) is 6.64. The second-order valence-corrected chi connectivity index (χ2v) is 5.42. The third-order valence-electron chi connectivity index (χ3n) is 3.95. The van der Waals surface area contributed by atoms with Gasteiger partial charge < -0.3 is 10.0 Å². The quantitative estimate of drug-likeness (QED) is 0.907. The van der Waals surface area contributed by atoms with E-state index in [-0.39, 0.29) is 17.8 Å². The zero-order valence-corrected chi connectivity index (χ0v) is 12.2. The van der Waals surface area contributed by atoms with Crippen LogP contribution in [0.5, 0.6) is 5.75 Å². The van der Waals surface area contributed by atoms with E-state index in [1.54, 1.807) is 6.07 Å². The molecule has 0 aromatic heterocycles. The van der Waals surface area contributed by atoms with E-state index in [0.717, 1.165) is 6.54 Å². The first-order valence-corrected chi connectivity index (χ1v) is 6.64. The van der Waals surface area contributed by atoms with Crippen molar-refractivity contribution in [3.05, 3.63) is 29.8 Å². The summed E-state index contributed by atoms with van der Waals surface area (Å²) in [5.41, 5.74) is 1.56. The standard InChI is InChI=1S/C15H23NO.ClH/c1-3-8-15(9-5-10-16(2)12-15)13-6-4-7-14(17)11-13;/h4,6-7,11,17H,3,5,8-10,12H2,1-2H3;1H. The van der Waals surface area contributed by atoms with Crippen LogP contribution in [0.15, 0.2) is 24.3 Å². The fourth-order valence-electron chi connectivity index (χ4n) is 3.26. The highest BCUT2D eigenvalue weighted by Gasteiger charge is 2.35. The molecule has 1 unspecified atom stereocenters. The molecule has 1 aromatic carbocycles. The van der Waals surface area contributed by atoms with Crippen molar-refractivity contribution in [2.45, 2.75) is 38.0 Å². The fraction of sp³-hybridized carbons (Fsp3) is 0.600. The molecule has 0 spiro atoms. The van der Waals surface area contributed by atoms with Gasteiger partial charge in [-0.25, -0.2) is 0 Å². The highest BCUT2D eigenvalue weighted by Crippen LogP contribution is 2.38. The predicted octanol–water partition coefficient (Wildman–Crippen LogP) is 3.58. The summed E-state index contributed by atoms with van der Waals surface area (Å²) in [5, 5.41) is 9.68. The Morgan fingerprint density at radius 2 is 2.17 bits per heavy atom. The molecule has 0 radical (unpaired) electrons. The minimum Gasteiger partial charge on any atom is -0.508 e. The molecule has 1 aromatic rings. The number of benzene rings is 1. The molecule has 1 fully saturated rings. The lowest BCUT2D eigenvalue weighted by Gasteiger charge is -2.42. The number of rotatable bonds is 3. The average Bonchev–Trinajstić information content (AvgIpc) is 2.29. The van der Waals surface area contributed by atoms with Crippen molar-refractivity contribution in [3.63, 3.8) is 0 Å². The molecule has 0 saturated carbocycles. The monoisotopic (exact) mass is 269 g/mol. The maximum absolute atomic E-state index is 9.68. The van der Waals surface area contributed by atoms with Gasteiger partial charge in [0.1, 0.15) is 5.75 Å². The van der Waals surface area contributed by atoms with Crippen molar-refractivity contribution in [2.75, 3.05) is 20.1 Å². The zero-order chi connectivity index (χ0) is 12.3. The Morgan fingerprint density at radius 3 is 2.78 bits per heavy atom. The van der Waals surface area contributed by atoms with Crippen molar-refractivity contribution in [1.29, 1.82) is 0 Å². The molecule has 0 amide bonds. The van der Waals surface area contributed by atoms with E-state index in [9.17, 15) is 5.11 Å². The maximum Gasteiger partial charge on any atom is 0.115 e. The summed E-state index contributed by atoms with van der Waals surface area (Å²) in [6.07, 6.45) is 4.91. The van der Waals surface area contributed by atoms with Crippen LogP contribution in [0, 0.1) is 0 Å². The molecule has 2 nitrogen and oxygen atoms in total. The molecule has 102 valence electrons. The van der Waals surface area contributed by atoms with Crippen molar-refractivity contribution in [3.8, 4) is 5.75 Å². The molecule has 1 aliphatic rings. The molecule has 18 heavy (non-hydrogen) atoms. The molecular weight excluding hydrogens is 246 g/mol. The Balaban J connectivity index is 0.00000162. The lowest BCUT2D eigenvalue weighted by molar-refractivity contribution is 0.165. The summed E-state index contributed by atoms with van der Waals surface area (Å²) in [4.78, 5) is 2.42. The lowest BCUT2D eigenvalue weighted by atomic mass is 9.71. The molecule has 1 saturated heterocycles. The highest BCUT2D eigenvalue weighted by molar-refractivity contribution is 5.85. The van der Waals surface area contributed by atoms with Crippen LogP contribution in [0.2, 0.25) is 0 Å². The molecular formula is C15H24ClNO. The van der Waals surface area contributed by atoms with Gasteiger partial charge in [0.15, 0.2) is 0 Å². The first-order chi connectivity index (χ1) is 8.16. The number of piperidine rings is 1. The highest BCUT2D eigenvalue weighted by atomic mass is 35.5. The number of hydrogen-bond acceptors (Lipinski definition) is 2. The summed E-state index contributed by atoms with van der Waals surface area (Å²) in [5.74, 6) is 0.395. The van der Waals surface area contributed by atoms with E-state index >= 15 is 0 Å². The predicted molar refractivity (Wildman–Crippen MR) is 78.7 cm³/mol. The van der Waals surface area contributed by atoms with Gasteiger partial charge in [0.05, 0.1) is 0 Å². The molecule has 1 heterocycles. The fourth-order valence-corrected chi connectivity index (χ4v) is 3.26. The van der Waals surface area contributed by atoms with Crippen molar-refractivity contribution >= 4 is 12.4 Å². The largest absolute Gasteiger partial charge is 0.508 e. The van der Waals surface area contributed by atoms with Crippen LogP contribution in [0.3, 0.4) is 0 Å². The lowest BCUT2D eigenvalue weighted by Crippen LogP contribution is -2.44.